The standard InChI is InChI=1S/C14H16N4/c15-13-12(11-6-2-1-3-7-11)10-16-14(17-13)18-8-4-5-9-18/h1-3,6-7,10H,4-5,8-9H2,(H2,15,16,17). The molecule has 1 fully saturated rings. The highest BCUT2D eigenvalue weighted by molar-refractivity contribution is 5.73. The Balaban J connectivity index is 1.94. The third kappa shape index (κ3) is 2.01. The van der Waals surface area contributed by atoms with E-state index in [2.05, 4.69) is 14.9 Å². The van der Waals surface area contributed by atoms with Crippen LogP contribution < -0.4 is 10.6 Å². The zero-order chi connectivity index (χ0) is 12.4. The van der Waals surface area contributed by atoms with E-state index in [4.69, 9.17) is 5.73 Å². The molecular weight excluding hydrogens is 224 g/mol. The van der Waals surface area contributed by atoms with Gasteiger partial charge < -0.3 is 10.6 Å². The van der Waals surface area contributed by atoms with E-state index in [-0.39, 0.29) is 0 Å². The summed E-state index contributed by atoms with van der Waals surface area (Å²) >= 11 is 0. The fraction of sp³-hybridized carbons (Fsp3) is 0.286. The molecule has 1 aliphatic rings. The topological polar surface area (TPSA) is 55.0 Å². The molecule has 0 spiro atoms. The molecule has 4 nitrogen and oxygen atoms in total. The predicted octanol–water partition coefficient (Wildman–Crippen LogP) is 2.33. The molecular formula is C14H16N4. The average molecular weight is 240 g/mol. The molecule has 1 aromatic carbocycles. The van der Waals surface area contributed by atoms with Crippen molar-refractivity contribution >= 4 is 11.8 Å². The number of nitrogens with two attached hydrogens (primary N) is 1. The first-order valence-corrected chi connectivity index (χ1v) is 6.27. The van der Waals surface area contributed by atoms with Gasteiger partial charge in [0.2, 0.25) is 5.95 Å². The molecule has 0 bridgehead atoms. The zero-order valence-electron chi connectivity index (χ0n) is 10.2. The first-order chi connectivity index (χ1) is 8.84. The number of rotatable bonds is 2. The van der Waals surface area contributed by atoms with Crippen LogP contribution in [0.3, 0.4) is 0 Å². The van der Waals surface area contributed by atoms with Crippen molar-refractivity contribution in [2.45, 2.75) is 12.8 Å². The van der Waals surface area contributed by atoms with Gasteiger partial charge in [0, 0.05) is 24.8 Å². The predicted molar refractivity (Wildman–Crippen MR) is 73.3 cm³/mol. The highest BCUT2D eigenvalue weighted by Crippen LogP contribution is 2.25. The van der Waals surface area contributed by atoms with Crippen molar-refractivity contribution in [3.63, 3.8) is 0 Å². The number of hydrogen-bond acceptors (Lipinski definition) is 4. The van der Waals surface area contributed by atoms with Crippen molar-refractivity contribution in [2.24, 2.45) is 0 Å². The summed E-state index contributed by atoms with van der Waals surface area (Å²) in [5.74, 6) is 1.31. The summed E-state index contributed by atoms with van der Waals surface area (Å²) in [5, 5.41) is 0. The fourth-order valence-corrected chi connectivity index (χ4v) is 2.29. The van der Waals surface area contributed by atoms with Gasteiger partial charge in [-0.2, -0.15) is 4.98 Å². The van der Waals surface area contributed by atoms with Gasteiger partial charge in [0.25, 0.3) is 0 Å². The van der Waals surface area contributed by atoms with E-state index in [9.17, 15) is 0 Å². The molecule has 4 heteroatoms. The molecule has 1 aliphatic heterocycles. The van der Waals surface area contributed by atoms with E-state index in [0.717, 1.165) is 30.2 Å². The normalized spacial score (nSPS) is 15.0. The second-order valence-corrected chi connectivity index (χ2v) is 4.53. The van der Waals surface area contributed by atoms with Crippen LogP contribution in [0.1, 0.15) is 12.8 Å². The van der Waals surface area contributed by atoms with Crippen molar-refractivity contribution in [3.05, 3.63) is 36.5 Å². The van der Waals surface area contributed by atoms with E-state index in [1.54, 1.807) is 0 Å². The van der Waals surface area contributed by atoms with Gasteiger partial charge >= 0.3 is 0 Å². The number of nitrogen functional groups attached to an aromatic ring is 1. The van der Waals surface area contributed by atoms with Gasteiger partial charge in [0.1, 0.15) is 5.82 Å². The van der Waals surface area contributed by atoms with E-state index >= 15 is 0 Å². The minimum Gasteiger partial charge on any atom is -0.383 e. The number of hydrogen-bond donors (Lipinski definition) is 1. The number of benzene rings is 1. The van der Waals surface area contributed by atoms with Gasteiger partial charge in [-0.3, -0.25) is 0 Å². The quantitative estimate of drug-likeness (QED) is 0.875. The molecule has 0 unspecified atom stereocenters. The van der Waals surface area contributed by atoms with Crippen LogP contribution in [0.15, 0.2) is 36.5 Å². The highest BCUT2D eigenvalue weighted by atomic mass is 15.3. The lowest BCUT2D eigenvalue weighted by molar-refractivity contribution is 0.901. The minimum atomic E-state index is 0.554. The first kappa shape index (κ1) is 11.0. The monoisotopic (exact) mass is 240 g/mol. The summed E-state index contributed by atoms with van der Waals surface area (Å²) in [6.07, 6.45) is 4.25. The number of aromatic nitrogens is 2. The van der Waals surface area contributed by atoms with Crippen molar-refractivity contribution in [2.75, 3.05) is 23.7 Å². The summed E-state index contributed by atoms with van der Waals surface area (Å²) in [6, 6.07) is 10.0. The van der Waals surface area contributed by atoms with Gasteiger partial charge in [-0.25, -0.2) is 4.98 Å². The molecule has 0 atom stereocenters. The van der Waals surface area contributed by atoms with Crippen molar-refractivity contribution in [3.8, 4) is 11.1 Å². The Morgan fingerprint density at radius 3 is 2.44 bits per heavy atom. The lowest BCUT2D eigenvalue weighted by Crippen LogP contribution is -2.20. The zero-order valence-corrected chi connectivity index (χ0v) is 10.2. The molecule has 0 aliphatic carbocycles. The Bertz CT molecular complexity index is 533. The second kappa shape index (κ2) is 4.64. The van der Waals surface area contributed by atoms with Crippen LogP contribution in [0.4, 0.5) is 11.8 Å². The van der Waals surface area contributed by atoms with Gasteiger partial charge in [-0.1, -0.05) is 30.3 Å². The number of nitrogens with zero attached hydrogens (tertiary/aromatic N) is 3. The Morgan fingerprint density at radius 2 is 1.78 bits per heavy atom. The molecule has 1 aromatic heterocycles. The van der Waals surface area contributed by atoms with Crippen molar-refractivity contribution < 1.29 is 0 Å². The van der Waals surface area contributed by atoms with Crippen LogP contribution in [-0.2, 0) is 0 Å². The molecule has 92 valence electrons. The maximum absolute atomic E-state index is 6.04. The smallest absolute Gasteiger partial charge is 0.227 e. The van der Waals surface area contributed by atoms with Crippen LogP contribution in [0.25, 0.3) is 11.1 Å². The molecule has 1 saturated heterocycles. The Morgan fingerprint density at radius 1 is 1.06 bits per heavy atom. The molecule has 0 radical (unpaired) electrons. The molecule has 0 saturated carbocycles. The SMILES string of the molecule is Nc1nc(N2CCCC2)ncc1-c1ccccc1. The largest absolute Gasteiger partial charge is 0.383 e. The molecule has 0 amide bonds. The summed E-state index contributed by atoms with van der Waals surface area (Å²) < 4.78 is 0. The Labute approximate surface area is 106 Å². The van der Waals surface area contributed by atoms with Gasteiger partial charge in [0.15, 0.2) is 0 Å². The van der Waals surface area contributed by atoms with E-state index in [0.29, 0.717) is 5.82 Å². The average Bonchev–Trinajstić information content (AvgIpc) is 2.93. The first-order valence-electron chi connectivity index (χ1n) is 6.27. The van der Waals surface area contributed by atoms with Crippen LogP contribution in [0, 0.1) is 0 Å². The maximum Gasteiger partial charge on any atom is 0.227 e. The summed E-state index contributed by atoms with van der Waals surface area (Å²) in [7, 11) is 0. The number of anilines is 2. The van der Waals surface area contributed by atoms with Crippen LogP contribution in [0.2, 0.25) is 0 Å². The van der Waals surface area contributed by atoms with Gasteiger partial charge in [0.05, 0.1) is 0 Å². The van der Waals surface area contributed by atoms with E-state index in [1.807, 2.05) is 36.5 Å². The Kier molecular flexibility index (Phi) is 2.84. The van der Waals surface area contributed by atoms with Crippen molar-refractivity contribution in [1.82, 2.24) is 9.97 Å². The summed E-state index contributed by atoms with van der Waals surface area (Å²) in [4.78, 5) is 11.0. The maximum atomic E-state index is 6.04. The second-order valence-electron chi connectivity index (χ2n) is 4.53. The molecule has 18 heavy (non-hydrogen) atoms. The summed E-state index contributed by atoms with van der Waals surface area (Å²) in [5.41, 5.74) is 8.00. The molecule has 3 rings (SSSR count). The third-order valence-corrected chi connectivity index (χ3v) is 3.28. The lowest BCUT2D eigenvalue weighted by atomic mass is 10.1. The van der Waals surface area contributed by atoms with Crippen LogP contribution in [-0.4, -0.2) is 23.1 Å². The van der Waals surface area contributed by atoms with Crippen LogP contribution >= 0.6 is 0 Å². The van der Waals surface area contributed by atoms with E-state index in [1.165, 1.54) is 12.8 Å². The summed E-state index contributed by atoms with van der Waals surface area (Å²) in [6.45, 7) is 2.06. The van der Waals surface area contributed by atoms with Crippen molar-refractivity contribution in [1.29, 1.82) is 0 Å². The van der Waals surface area contributed by atoms with Gasteiger partial charge in [-0.05, 0) is 18.4 Å². The Hall–Kier alpha value is -2.10. The third-order valence-electron chi connectivity index (χ3n) is 3.28. The molecule has 2 N–H and O–H groups in total. The molecule has 2 heterocycles. The lowest BCUT2D eigenvalue weighted by Gasteiger charge is -2.16. The van der Waals surface area contributed by atoms with Crippen LogP contribution in [0.5, 0.6) is 0 Å². The minimum absolute atomic E-state index is 0.554. The highest BCUT2D eigenvalue weighted by Gasteiger charge is 2.16. The van der Waals surface area contributed by atoms with Gasteiger partial charge in [-0.15, -0.1) is 0 Å². The fourth-order valence-electron chi connectivity index (χ4n) is 2.29. The molecule has 2 aromatic rings. The van der Waals surface area contributed by atoms with E-state index < -0.39 is 0 Å².